The lowest BCUT2D eigenvalue weighted by Crippen LogP contribution is -2.27. The van der Waals surface area contributed by atoms with Gasteiger partial charge in [0.25, 0.3) is 0 Å². The van der Waals surface area contributed by atoms with Gasteiger partial charge in [-0.3, -0.25) is 4.79 Å². The van der Waals surface area contributed by atoms with Crippen molar-refractivity contribution in [1.29, 1.82) is 0 Å². The van der Waals surface area contributed by atoms with Gasteiger partial charge in [-0.2, -0.15) is 0 Å². The van der Waals surface area contributed by atoms with Crippen LogP contribution >= 0.6 is 0 Å². The van der Waals surface area contributed by atoms with E-state index in [0.29, 0.717) is 18.4 Å². The number of nitrogens with zero attached hydrogens (tertiary/aromatic N) is 2. The molecule has 18 heavy (non-hydrogen) atoms. The zero-order valence-electron chi connectivity index (χ0n) is 10.4. The predicted octanol–water partition coefficient (Wildman–Crippen LogP) is 2.12. The fourth-order valence-corrected chi connectivity index (χ4v) is 1.38. The summed E-state index contributed by atoms with van der Waals surface area (Å²) < 4.78 is 5.33. The second-order valence-corrected chi connectivity index (χ2v) is 4.38. The van der Waals surface area contributed by atoms with Gasteiger partial charge < -0.3 is 9.73 Å². The Morgan fingerprint density at radius 3 is 2.67 bits per heavy atom. The Labute approximate surface area is 105 Å². The number of benzene rings is 1. The topological polar surface area (TPSA) is 68.0 Å². The van der Waals surface area contributed by atoms with E-state index in [2.05, 4.69) is 15.5 Å². The molecule has 0 aliphatic rings. The summed E-state index contributed by atoms with van der Waals surface area (Å²) in [6, 6.07) is 9.35. The first kappa shape index (κ1) is 12.3. The van der Waals surface area contributed by atoms with Crippen LogP contribution in [0.2, 0.25) is 0 Å². The number of carbonyl (C=O) groups excluding carboxylic acids is 1. The molecule has 0 bridgehead atoms. The minimum absolute atomic E-state index is 0.00509. The van der Waals surface area contributed by atoms with E-state index in [1.165, 1.54) is 0 Å². The van der Waals surface area contributed by atoms with E-state index >= 15 is 0 Å². The molecule has 0 atom stereocenters. The van der Waals surface area contributed by atoms with E-state index < -0.39 is 0 Å². The maximum absolute atomic E-state index is 11.7. The van der Waals surface area contributed by atoms with Crippen molar-refractivity contribution in [3.8, 4) is 11.5 Å². The number of hydrogen-bond donors (Lipinski definition) is 1. The average Bonchev–Trinajstić information content (AvgIpc) is 2.86. The third-order valence-corrected chi connectivity index (χ3v) is 2.31. The van der Waals surface area contributed by atoms with Crippen LogP contribution < -0.4 is 5.32 Å². The number of aromatic nitrogens is 2. The molecule has 1 N–H and O–H groups in total. The molecule has 0 saturated carbocycles. The molecular formula is C13H15N3O2. The molecule has 5 nitrogen and oxygen atoms in total. The lowest BCUT2D eigenvalue weighted by molar-refractivity contribution is 0.0915. The molecule has 94 valence electrons. The quantitative estimate of drug-likeness (QED) is 0.895. The van der Waals surface area contributed by atoms with Crippen LogP contribution in [0.25, 0.3) is 11.5 Å². The third-order valence-electron chi connectivity index (χ3n) is 2.31. The average molecular weight is 245 g/mol. The summed E-state index contributed by atoms with van der Waals surface area (Å²) in [6.07, 6.45) is 0. The highest BCUT2D eigenvalue weighted by Gasteiger charge is 2.15. The first-order chi connectivity index (χ1) is 8.66. The summed E-state index contributed by atoms with van der Waals surface area (Å²) in [5.41, 5.74) is 0.799. The minimum atomic E-state index is -0.335. The normalized spacial score (nSPS) is 10.6. The van der Waals surface area contributed by atoms with Crippen LogP contribution in [0.5, 0.6) is 0 Å². The minimum Gasteiger partial charge on any atom is -0.412 e. The van der Waals surface area contributed by atoms with Crippen molar-refractivity contribution in [2.45, 2.75) is 13.8 Å². The van der Waals surface area contributed by atoms with Gasteiger partial charge in [0, 0.05) is 12.1 Å². The molecule has 0 radical (unpaired) electrons. The van der Waals surface area contributed by atoms with Crippen molar-refractivity contribution in [2.24, 2.45) is 5.92 Å². The van der Waals surface area contributed by atoms with Gasteiger partial charge in [-0.05, 0) is 18.1 Å². The number of nitrogens with one attached hydrogen (secondary N) is 1. The zero-order valence-corrected chi connectivity index (χ0v) is 10.4. The molecule has 5 heteroatoms. The Hall–Kier alpha value is -2.17. The molecular weight excluding hydrogens is 230 g/mol. The SMILES string of the molecule is CC(C)CNC(=O)c1nnc(-c2ccccc2)o1. The van der Waals surface area contributed by atoms with Crippen LogP contribution in [0.3, 0.4) is 0 Å². The monoisotopic (exact) mass is 245 g/mol. The number of carbonyl (C=O) groups is 1. The van der Waals surface area contributed by atoms with E-state index in [1.54, 1.807) is 0 Å². The second kappa shape index (κ2) is 5.44. The first-order valence-electron chi connectivity index (χ1n) is 5.84. The summed E-state index contributed by atoms with van der Waals surface area (Å²) in [5, 5.41) is 10.3. The summed E-state index contributed by atoms with van der Waals surface area (Å²) in [4.78, 5) is 11.7. The van der Waals surface area contributed by atoms with Gasteiger partial charge in [0.15, 0.2) is 0 Å². The lowest BCUT2D eigenvalue weighted by atomic mass is 10.2. The van der Waals surface area contributed by atoms with Gasteiger partial charge in [0.05, 0.1) is 0 Å². The molecule has 0 spiro atoms. The standard InChI is InChI=1S/C13H15N3O2/c1-9(2)8-14-11(17)13-16-15-12(18-13)10-6-4-3-5-7-10/h3-7,9H,8H2,1-2H3,(H,14,17). The summed E-state index contributed by atoms with van der Waals surface area (Å²) in [6.45, 7) is 4.62. The van der Waals surface area contributed by atoms with Crippen LogP contribution in [0.15, 0.2) is 34.7 Å². The van der Waals surface area contributed by atoms with Crippen LogP contribution in [-0.4, -0.2) is 22.6 Å². The lowest BCUT2D eigenvalue weighted by Gasteiger charge is -2.03. The highest BCUT2D eigenvalue weighted by atomic mass is 16.4. The van der Waals surface area contributed by atoms with Gasteiger partial charge in [0.1, 0.15) is 0 Å². The van der Waals surface area contributed by atoms with Crippen molar-refractivity contribution in [3.63, 3.8) is 0 Å². The molecule has 2 rings (SSSR count). The van der Waals surface area contributed by atoms with Crippen molar-refractivity contribution in [1.82, 2.24) is 15.5 Å². The molecule has 0 aliphatic carbocycles. The van der Waals surface area contributed by atoms with Crippen LogP contribution in [0.1, 0.15) is 24.5 Å². The molecule has 0 saturated heterocycles. The van der Waals surface area contributed by atoms with Gasteiger partial charge >= 0.3 is 11.8 Å². The summed E-state index contributed by atoms with van der Waals surface area (Å²) in [5.74, 6) is 0.392. The Balaban J connectivity index is 2.09. The Kier molecular flexibility index (Phi) is 3.72. The van der Waals surface area contributed by atoms with E-state index in [1.807, 2.05) is 44.2 Å². The molecule has 0 fully saturated rings. The summed E-state index contributed by atoms with van der Waals surface area (Å²) >= 11 is 0. The molecule has 1 amide bonds. The van der Waals surface area contributed by atoms with Crippen molar-refractivity contribution < 1.29 is 9.21 Å². The van der Waals surface area contributed by atoms with Gasteiger partial charge in [-0.25, -0.2) is 0 Å². The van der Waals surface area contributed by atoms with Crippen LogP contribution in [-0.2, 0) is 0 Å². The first-order valence-corrected chi connectivity index (χ1v) is 5.84. The maximum atomic E-state index is 11.7. The Morgan fingerprint density at radius 1 is 1.28 bits per heavy atom. The summed E-state index contributed by atoms with van der Waals surface area (Å²) in [7, 11) is 0. The van der Waals surface area contributed by atoms with Gasteiger partial charge in [-0.1, -0.05) is 32.0 Å². The molecule has 1 aromatic heterocycles. The van der Waals surface area contributed by atoms with Gasteiger partial charge in [-0.15, -0.1) is 10.2 Å². The zero-order chi connectivity index (χ0) is 13.0. The Bertz CT molecular complexity index is 520. The fraction of sp³-hybridized carbons (Fsp3) is 0.308. The molecule has 0 unspecified atom stereocenters. The largest absolute Gasteiger partial charge is 0.412 e. The predicted molar refractivity (Wildman–Crippen MR) is 66.9 cm³/mol. The van der Waals surface area contributed by atoms with Crippen molar-refractivity contribution >= 4 is 5.91 Å². The third kappa shape index (κ3) is 2.94. The highest BCUT2D eigenvalue weighted by Crippen LogP contribution is 2.16. The van der Waals surface area contributed by atoms with E-state index in [4.69, 9.17) is 4.42 Å². The molecule has 0 aliphatic heterocycles. The van der Waals surface area contributed by atoms with E-state index in [0.717, 1.165) is 5.56 Å². The molecule has 1 aromatic carbocycles. The Morgan fingerprint density at radius 2 is 2.00 bits per heavy atom. The number of rotatable bonds is 4. The maximum Gasteiger partial charge on any atom is 0.308 e. The number of amides is 1. The van der Waals surface area contributed by atoms with E-state index in [9.17, 15) is 4.79 Å². The van der Waals surface area contributed by atoms with Crippen molar-refractivity contribution in [2.75, 3.05) is 6.54 Å². The molecule has 2 aromatic rings. The smallest absolute Gasteiger partial charge is 0.308 e. The highest BCUT2D eigenvalue weighted by molar-refractivity contribution is 5.89. The van der Waals surface area contributed by atoms with Gasteiger partial charge in [0.2, 0.25) is 5.89 Å². The van der Waals surface area contributed by atoms with Crippen LogP contribution in [0, 0.1) is 5.92 Å². The molecule has 1 heterocycles. The van der Waals surface area contributed by atoms with E-state index in [-0.39, 0.29) is 11.8 Å². The second-order valence-electron chi connectivity index (χ2n) is 4.38. The number of hydrogen-bond acceptors (Lipinski definition) is 4. The van der Waals surface area contributed by atoms with Crippen molar-refractivity contribution in [3.05, 3.63) is 36.2 Å². The van der Waals surface area contributed by atoms with Crippen LogP contribution in [0.4, 0.5) is 0 Å². The fourth-order valence-electron chi connectivity index (χ4n) is 1.38.